The fourth-order valence-electron chi connectivity index (χ4n) is 2.98. The molecule has 0 saturated carbocycles. The lowest BCUT2D eigenvalue weighted by Crippen LogP contribution is -2.44. The van der Waals surface area contributed by atoms with Crippen LogP contribution in [0.5, 0.6) is 0 Å². The van der Waals surface area contributed by atoms with Gasteiger partial charge in [-0.15, -0.1) is 0 Å². The summed E-state index contributed by atoms with van der Waals surface area (Å²) in [5, 5.41) is 2.97. The summed E-state index contributed by atoms with van der Waals surface area (Å²) in [6, 6.07) is 0.232. The molecule has 0 spiro atoms. The Balaban J connectivity index is 0.00000441. The zero-order valence-electron chi connectivity index (χ0n) is 14.5. The highest BCUT2D eigenvalue weighted by Gasteiger charge is 2.24. The van der Waals surface area contributed by atoms with Gasteiger partial charge in [0.15, 0.2) is 0 Å². The van der Waals surface area contributed by atoms with Crippen LogP contribution in [0.15, 0.2) is 0 Å². The van der Waals surface area contributed by atoms with Crippen LogP contribution in [0.3, 0.4) is 0 Å². The Morgan fingerprint density at radius 3 is 2.38 bits per heavy atom. The number of piperidine rings is 1. The zero-order valence-corrected chi connectivity index (χ0v) is 14.5. The van der Waals surface area contributed by atoms with E-state index in [1.54, 1.807) is 0 Å². The molecule has 1 heterocycles. The van der Waals surface area contributed by atoms with E-state index < -0.39 is 0 Å². The van der Waals surface area contributed by atoms with Gasteiger partial charge in [0.05, 0.1) is 12.6 Å². The summed E-state index contributed by atoms with van der Waals surface area (Å²) < 4.78 is 5.65. The van der Waals surface area contributed by atoms with E-state index >= 15 is 0 Å². The van der Waals surface area contributed by atoms with E-state index in [1.807, 2.05) is 13.8 Å². The fourth-order valence-corrected chi connectivity index (χ4v) is 2.98. The number of likely N-dealkylation sites (tertiary alicyclic amines) is 1. The van der Waals surface area contributed by atoms with Crippen molar-refractivity contribution in [2.24, 2.45) is 11.8 Å². The Bertz CT molecular complexity index is 303. The van der Waals surface area contributed by atoms with E-state index in [9.17, 15) is 4.79 Å². The van der Waals surface area contributed by atoms with Gasteiger partial charge in [0.2, 0.25) is 5.91 Å². The van der Waals surface area contributed by atoms with Crippen LogP contribution in [-0.4, -0.2) is 49.2 Å². The lowest BCUT2D eigenvalue weighted by molar-refractivity contribution is -0.123. The second kappa shape index (κ2) is 9.42. The zero-order chi connectivity index (χ0) is 15.8. The molecule has 1 N–H and O–H groups in total. The number of rotatable bonds is 8. The molecule has 0 aromatic heterocycles. The SMILES string of the molecule is CC(C)NC(=O)CN1CCC(C(C)CCOC(C)C)CC1.[HH]. The van der Waals surface area contributed by atoms with Crippen LogP contribution >= 0.6 is 0 Å². The van der Waals surface area contributed by atoms with Gasteiger partial charge in [-0.2, -0.15) is 0 Å². The van der Waals surface area contributed by atoms with E-state index in [0.717, 1.165) is 38.0 Å². The summed E-state index contributed by atoms with van der Waals surface area (Å²) >= 11 is 0. The molecule has 0 aromatic rings. The van der Waals surface area contributed by atoms with Gasteiger partial charge < -0.3 is 10.1 Å². The molecular weight excluding hydrogens is 264 g/mol. The Morgan fingerprint density at radius 2 is 1.86 bits per heavy atom. The maximum Gasteiger partial charge on any atom is 0.234 e. The van der Waals surface area contributed by atoms with Crippen LogP contribution in [0.2, 0.25) is 0 Å². The van der Waals surface area contributed by atoms with Crippen LogP contribution in [0.1, 0.15) is 55.3 Å². The number of hydrogen-bond donors (Lipinski definition) is 1. The van der Waals surface area contributed by atoms with Crippen molar-refractivity contribution in [2.45, 2.75) is 66.0 Å². The molecule has 4 heteroatoms. The van der Waals surface area contributed by atoms with Crippen molar-refractivity contribution in [3.8, 4) is 0 Å². The number of ether oxygens (including phenoxy) is 1. The molecule has 1 amide bonds. The maximum absolute atomic E-state index is 11.8. The molecule has 0 bridgehead atoms. The van der Waals surface area contributed by atoms with Crippen molar-refractivity contribution in [2.75, 3.05) is 26.2 Å². The van der Waals surface area contributed by atoms with Crippen molar-refractivity contribution in [1.29, 1.82) is 0 Å². The molecule has 1 unspecified atom stereocenters. The number of carbonyl (C=O) groups is 1. The van der Waals surface area contributed by atoms with Gasteiger partial charge in [-0.05, 0) is 71.9 Å². The fraction of sp³-hybridized carbons (Fsp3) is 0.941. The summed E-state index contributed by atoms with van der Waals surface area (Å²) in [5.74, 6) is 1.65. The lowest BCUT2D eigenvalue weighted by atomic mass is 9.84. The normalized spacial score (nSPS) is 19.2. The molecule has 21 heavy (non-hydrogen) atoms. The minimum absolute atomic E-state index is 0. The van der Waals surface area contributed by atoms with E-state index in [0.29, 0.717) is 12.6 Å². The Labute approximate surface area is 132 Å². The predicted octanol–water partition coefficient (Wildman–Crippen LogP) is 2.92. The van der Waals surface area contributed by atoms with Crippen LogP contribution < -0.4 is 5.32 Å². The van der Waals surface area contributed by atoms with Crippen LogP contribution in [0, 0.1) is 11.8 Å². The van der Waals surface area contributed by atoms with Gasteiger partial charge in [0.25, 0.3) is 0 Å². The molecule has 1 fully saturated rings. The molecule has 1 rings (SSSR count). The second-order valence-corrected chi connectivity index (χ2v) is 7.02. The summed E-state index contributed by atoms with van der Waals surface area (Å²) in [7, 11) is 0. The first-order valence-electron chi connectivity index (χ1n) is 8.51. The first-order valence-corrected chi connectivity index (χ1v) is 8.51. The number of nitrogens with zero attached hydrogens (tertiary/aromatic N) is 1. The third kappa shape index (κ3) is 7.82. The smallest absolute Gasteiger partial charge is 0.234 e. The van der Waals surface area contributed by atoms with Crippen molar-refractivity contribution >= 4 is 5.91 Å². The minimum atomic E-state index is 0. The quantitative estimate of drug-likeness (QED) is 0.749. The number of hydrogen-bond acceptors (Lipinski definition) is 3. The Hall–Kier alpha value is -0.610. The van der Waals surface area contributed by atoms with E-state index in [-0.39, 0.29) is 13.4 Å². The first kappa shape index (κ1) is 18.4. The number of carbonyl (C=O) groups excluding carboxylic acids is 1. The summed E-state index contributed by atoms with van der Waals surface area (Å²) in [6.45, 7) is 14.0. The first-order chi connectivity index (χ1) is 9.88. The Kier molecular flexibility index (Phi) is 8.27. The Morgan fingerprint density at radius 1 is 1.24 bits per heavy atom. The molecule has 126 valence electrons. The lowest BCUT2D eigenvalue weighted by Gasteiger charge is -2.34. The predicted molar refractivity (Wildman–Crippen MR) is 89.4 cm³/mol. The van der Waals surface area contributed by atoms with Crippen molar-refractivity contribution in [3.63, 3.8) is 0 Å². The van der Waals surface area contributed by atoms with Crippen molar-refractivity contribution in [3.05, 3.63) is 0 Å². The average molecular weight is 300 g/mol. The highest BCUT2D eigenvalue weighted by molar-refractivity contribution is 5.78. The molecule has 4 nitrogen and oxygen atoms in total. The highest BCUT2D eigenvalue weighted by Crippen LogP contribution is 2.27. The van der Waals surface area contributed by atoms with E-state index in [2.05, 4.69) is 31.0 Å². The highest BCUT2D eigenvalue weighted by atomic mass is 16.5. The molecule has 0 aliphatic carbocycles. The van der Waals surface area contributed by atoms with Gasteiger partial charge >= 0.3 is 0 Å². The van der Waals surface area contributed by atoms with Gasteiger partial charge in [-0.25, -0.2) is 0 Å². The largest absolute Gasteiger partial charge is 0.379 e. The third-order valence-corrected chi connectivity index (χ3v) is 4.28. The third-order valence-electron chi connectivity index (χ3n) is 4.28. The summed E-state index contributed by atoms with van der Waals surface area (Å²) in [4.78, 5) is 14.1. The van der Waals surface area contributed by atoms with Crippen molar-refractivity contribution in [1.82, 2.24) is 10.2 Å². The molecule has 1 saturated heterocycles. The van der Waals surface area contributed by atoms with Gasteiger partial charge in [-0.3, -0.25) is 9.69 Å². The van der Waals surface area contributed by atoms with Crippen LogP contribution in [0.25, 0.3) is 0 Å². The molecule has 1 atom stereocenters. The van der Waals surface area contributed by atoms with Crippen LogP contribution in [0.4, 0.5) is 0 Å². The minimum Gasteiger partial charge on any atom is -0.379 e. The summed E-state index contributed by atoms with van der Waals surface area (Å²) in [6.07, 6.45) is 3.89. The standard InChI is InChI=1S/C17H34N2O2.H2/c1-13(2)18-17(20)12-19-9-6-16(7-10-19)15(5)8-11-21-14(3)4;/h13-16H,6-12H2,1-5H3,(H,18,20);1H. The second-order valence-electron chi connectivity index (χ2n) is 7.02. The molecule has 1 aliphatic rings. The van der Waals surface area contributed by atoms with Gasteiger partial charge in [-0.1, -0.05) is 6.92 Å². The van der Waals surface area contributed by atoms with Gasteiger partial charge in [0, 0.05) is 14.1 Å². The van der Waals surface area contributed by atoms with Gasteiger partial charge in [0.1, 0.15) is 0 Å². The average Bonchev–Trinajstić information content (AvgIpc) is 2.37. The summed E-state index contributed by atoms with van der Waals surface area (Å²) in [5.41, 5.74) is 0. The van der Waals surface area contributed by atoms with E-state index in [4.69, 9.17) is 4.74 Å². The molecular formula is C17H36N2O2. The monoisotopic (exact) mass is 300 g/mol. The number of amides is 1. The molecule has 0 aromatic carbocycles. The number of nitrogens with one attached hydrogen (secondary N) is 1. The van der Waals surface area contributed by atoms with E-state index in [1.165, 1.54) is 12.8 Å². The van der Waals surface area contributed by atoms with Crippen molar-refractivity contribution < 1.29 is 11.0 Å². The topological polar surface area (TPSA) is 41.6 Å². The maximum atomic E-state index is 11.8. The molecule has 1 aliphatic heterocycles. The van der Waals surface area contributed by atoms with Crippen LogP contribution in [-0.2, 0) is 9.53 Å². The molecule has 0 radical (unpaired) electrons.